The number of amides is 1. The van der Waals surface area contributed by atoms with E-state index in [0.29, 0.717) is 23.6 Å². The van der Waals surface area contributed by atoms with Crippen molar-refractivity contribution in [2.75, 3.05) is 0 Å². The van der Waals surface area contributed by atoms with Gasteiger partial charge in [-0.05, 0) is 48.0 Å². The molecule has 0 aliphatic heterocycles. The predicted octanol–water partition coefficient (Wildman–Crippen LogP) is 4.86. The second-order valence-corrected chi connectivity index (χ2v) is 6.16. The molecule has 0 unspecified atom stereocenters. The minimum atomic E-state index is -0.166. The Labute approximate surface area is 156 Å². The van der Waals surface area contributed by atoms with Crippen molar-refractivity contribution in [3.05, 3.63) is 89.8 Å². The Balaban J connectivity index is 1.43. The number of fused-ring (bicyclic) bond motifs is 1. The van der Waals surface area contributed by atoms with Gasteiger partial charge >= 0.3 is 0 Å². The molecule has 0 aliphatic rings. The Kier molecular flexibility index (Phi) is 4.58. The number of oxazole rings is 1. The van der Waals surface area contributed by atoms with Crippen LogP contribution in [0.25, 0.3) is 11.1 Å². The van der Waals surface area contributed by atoms with Crippen LogP contribution in [0.15, 0.2) is 77.2 Å². The number of rotatable bonds is 5. The molecule has 0 radical (unpaired) electrons. The number of nitrogens with one attached hydrogen (secondary N) is 1. The van der Waals surface area contributed by atoms with E-state index in [1.165, 1.54) is 0 Å². The molecule has 0 aliphatic carbocycles. The fourth-order valence-corrected chi connectivity index (χ4v) is 2.81. The van der Waals surface area contributed by atoms with Gasteiger partial charge in [0.05, 0.1) is 0 Å². The van der Waals surface area contributed by atoms with Crippen molar-refractivity contribution in [1.29, 1.82) is 0 Å². The topological polar surface area (TPSA) is 64.4 Å². The lowest BCUT2D eigenvalue weighted by Gasteiger charge is -2.09. The molecule has 1 N–H and O–H groups in total. The van der Waals surface area contributed by atoms with Gasteiger partial charge in [-0.15, -0.1) is 0 Å². The van der Waals surface area contributed by atoms with Crippen LogP contribution in [0.2, 0.25) is 0 Å². The van der Waals surface area contributed by atoms with Crippen molar-refractivity contribution < 1.29 is 13.9 Å². The summed E-state index contributed by atoms with van der Waals surface area (Å²) in [5.41, 5.74) is 2.84. The van der Waals surface area contributed by atoms with Gasteiger partial charge in [0, 0.05) is 19.0 Å². The molecular formula is C22H18N2O3. The first-order valence-electron chi connectivity index (χ1n) is 8.65. The maximum absolute atomic E-state index is 12.4. The first-order chi connectivity index (χ1) is 13.2. The maximum Gasteiger partial charge on any atom is 0.251 e. The van der Waals surface area contributed by atoms with Crippen molar-refractivity contribution >= 4 is 17.0 Å². The summed E-state index contributed by atoms with van der Waals surface area (Å²) in [6.07, 6.45) is 0. The number of hydrogen-bond acceptors (Lipinski definition) is 4. The van der Waals surface area contributed by atoms with Gasteiger partial charge in [0.25, 0.3) is 5.91 Å². The summed E-state index contributed by atoms with van der Waals surface area (Å²) in [5, 5.41) is 2.92. The number of carbonyl (C=O) groups is 1. The van der Waals surface area contributed by atoms with Crippen LogP contribution >= 0.6 is 0 Å². The van der Waals surface area contributed by atoms with E-state index in [4.69, 9.17) is 9.15 Å². The van der Waals surface area contributed by atoms with Crippen LogP contribution in [-0.2, 0) is 6.54 Å². The zero-order chi connectivity index (χ0) is 18.6. The monoisotopic (exact) mass is 358 g/mol. The normalized spacial score (nSPS) is 10.7. The Morgan fingerprint density at radius 3 is 2.67 bits per heavy atom. The Bertz CT molecular complexity index is 1090. The van der Waals surface area contributed by atoms with Gasteiger partial charge in [-0.25, -0.2) is 4.98 Å². The summed E-state index contributed by atoms with van der Waals surface area (Å²) < 4.78 is 11.3. The number of aromatic nitrogens is 1. The summed E-state index contributed by atoms with van der Waals surface area (Å²) in [6.45, 7) is 2.18. The van der Waals surface area contributed by atoms with E-state index in [1.807, 2.05) is 54.6 Å². The van der Waals surface area contributed by atoms with Gasteiger partial charge < -0.3 is 14.5 Å². The van der Waals surface area contributed by atoms with Crippen LogP contribution < -0.4 is 10.1 Å². The Hall–Kier alpha value is -3.60. The molecular weight excluding hydrogens is 340 g/mol. The molecule has 0 saturated heterocycles. The van der Waals surface area contributed by atoms with Crippen LogP contribution in [0.3, 0.4) is 0 Å². The van der Waals surface area contributed by atoms with E-state index in [0.717, 1.165) is 22.6 Å². The van der Waals surface area contributed by atoms with Crippen LogP contribution in [0.1, 0.15) is 21.8 Å². The van der Waals surface area contributed by atoms with Gasteiger partial charge in [-0.1, -0.05) is 30.3 Å². The summed E-state index contributed by atoms with van der Waals surface area (Å²) in [6, 6.07) is 22.5. The zero-order valence-corrected chi connectivity index (χ0v) is 14.8. The third kappa shape index (κ3) is 3.98. The average molecular weight is 358 g/mol. The third-order valence-electron chi connectivity index (χ3n) is 4.09. The quantitative estimate of drug-likeness (QED) is 0.553. The smallest absolute Gasteiger partial charge is 0.251 e. The Morgan fingerprint density at radius 2 is 1.81 bits per heavy atom. The highest BCUT2D eigenvalue weighted by atomic mass is 16.5. The largest absolute Gasteiger partial charge is 0.457 e. The second-order valence-electron chi connectivity index (χ2n) is 6.16. The number of nitrogens with zero attached hydrogens (tertiary/aromatic N) is 1. The lowest BCUT2D eigenvalue weighted by atomic mass is 10.1. The summed E-state index contributed by atoms with van der Waals surface area (Å²) in [5.74, 6) is 1.92. The van der Waals surface area contributed by atoms with E-state index in [1.54, 1.807) is 25.1 Å². The number of aryl methyl sites for hydroxylation is 1. The van der Waals surface area contributed by atoms with E-state index < -0.39 is 0 Å². The highest BCUT2D eigenvalue weighted by Gasteiger charge is 2.09. The highest BCUT2D eigenvalue weighted by Crippen LogP contribution is 2.22. The molecule has 0 spiro atoms. The zero-order valence-electron chi connectivity index (χ0n) is 14.8. The molecule has 4 rings (SSSR count). The molecule has 4 aromatic rings. The molecule has 5 heteroatoms. The van der Waals surface area contributed by atoms with E-state index in [-0.39, 0.29) is 5.91 Å². The van der Waals surface area contributed by atoms with E-state index in [9.17, 15) is 4.79 Å². The van der Waals surface area contributed by atoms with Crippen molar-refractivity contribution in [1.82, 2.24) is 10.3 Å². The fourth-order valence-electron chi connectivity index (χ4n) is 2.81. The average Bonchev–Trinajstić information content (AvgIpc) is 3.06. The van der Waals surface area contributed by atoms with Crippen LogP contribution in [0, 0.1) is 6.92 Å². The van der Waals surface area contributed by atoms with Gasteiger partial charge in [-0.3, -0.25) is 4.79 Å². The summed E-state index contributed by atoms with van der Waals surface area (Å²) in [4.78, 5) is 16.7. The summed E-state index contributed by atoms with van der Waals surface area (Å²) >= 11 is 0. The first kappa shape index (κ1) is 16.8. The van der Waals surface area contributed by atoms with Crippen molar-refractivity contribution in [2.45, 2.75) is 13.5 Å². The molecule has 1 amide bonds. The molecule has 0 bridgehead atoms. The molecule has 1 heterocycles. The van der Waals surface area contributed by atoms with E-state index >= 15 is 0 Å². The number of para-hydroxylation sites is 1. The van der Waals surface area contributed by atoms with Crippen molar-refractivity contribution in [3.63, 3.8) is 0 Å². The molecule has 0 fully saturated rings. The molecule has 0 saturated carbocycles. The standard InChI is InChI=1S/C22H18N2O3/c1-15-24-20-11-10-17(13-21(20)26-15)22(25)23-14-16-6-5-9-19(12-16)27-18-7-3-2-4-8-18/h2-13H,14H2,1H3,(H,23,25). The summed E-state index contributed by atoms with van der Waals surface area (Å²) in [7, 11) is 0. The minimum Gasteiger partial charge on any atom is -0.457 e. The van der Waals surface area contributed by atoms with Gasteiger partial charge in [0.15, 0.2) is 11.5 Å². The predicted molar refractivity (Wildman–Crippen MR) is 103 cm³/mol. The number of carbonyl (C=O) groups excluding carboxylic acids is 1. The molecule has 3 aromatic carbocycles. The van der Waals surface area contributed by atoms with Gasteiger partial charge in [0.1, 0.15) is 17.0 Å². The third-order valence-corrected chi connectivity index (χ3v) is 4.09. The molecule has 27 heavy (non-hydrogen) atoms. The fraction of sp³-hybridized carbons (Fsp3) is 0.0909. The number of benzene rings is 3. The SMILES string of the molecule is Cc1nc2ccc(C(=O)NCc3cccc(Oc4ccccc4)c3)cc2o1. The molecule has 1 aromatic heterocycles. The lowest BCUT2D eigenvalue weighted by Crippen LogP contribution is -2.22. The number of hydrogen-bond donors (Lipinski definition) is 1. The van der Waals surface area contributed by atoms with Crippen LogP contribution in [0.5, 0.6) is 11.5 Å². The molecule has 134 valence electrons. The minimum absolute atomic E-state index is 0.166. The highest BCUT2D eigenvalue weighted by molar-refractivity contribution is 5.96. The van der Waals surface area contributed by atoms with Crippen LogP contribution in [-0.4, -0.2) is 10.9 Å². The number of ether oxygens (including phenoxy) is 1. The van der Waals surface area contributed by atoms with Gasteiger partial charge in [-0.2, -0.15) is 0 Å². The van der Waals surface area contributed by atoms with Crippen molar-refractivity contribution in [2.24, 2.45) is 0 Å². The van der Waals surface area contributed by atoms with E-state index in [2.05, 4.69) is 10.3 Å². The van der Waals surface area contributed by atoms with Gasteiger partial charge in [0.2, 0.25) is 0 Å². The maximum atomic E-state index is 12.4. The molecule has 0 atom stereocenters. The Morgan fingerprint density at radius 1 is 1.00 bits per heavy atom. The second kappa shape index (κ2) is 7.33. The van der Waals surface area contributed by atoms with Crippen molar-refractivity contribution in [3.8, 4) is 11.5 Å². The lowest BCUT2D eigenvalue weighted by molar-refractivity contribution is 0.0951. The first-order valence-corrected chi connectivity index (χ1v) is 8.65. The molecule has 5 nitrogen and oxygen atoms in total. The van der Waals surface area contributed by atoms with Crippen LogP contribution in [0.4, 0.5) is 0 Å².